The SMILES string of the molecule is NCc1ccc(F)c(CN(CCO)CC(F)(F)F)c1. The zero-order valence-corrected chi connectivity index (χ0v) is 10.3. The van der Waals surface area contributed by atoms with E-state index < -0.39 is 25.1 Å². The smallest absolute Gasteiger partial charge is 0.395 e. The third-order valence-electron chi connectivity index (χ3n) is 2.56. The van der Waals surface area contributed by atoms with Gasteiger partial charge in [-0.15, -0.1) is 0 Å². The molecule has 0 heterocycles. The van der Waals surface area contributed by atoms with Crippen LogP contribution in [0.1, 0.15) is 11.1 Å². The molecule has 3 N–H and O–H groups in total. The molecular formula is C12H16F4N2O. The molecule has 1 aromatic carbocycles. The summed E-state index contributed by atoms with van der Waals surface area (Å²) >= 11 is 0. The van der Waals surface area contributed by atoms with Crippen molar-refractivity contribution in [3.63, 3.8) is 0 Å². The lowest BCUT2D eigenvalue weighted by molar-refractivity contribution is -0.148. The fraction of sp³-hybridized carbons (Fsp3) is 0.500. The number of halogens is 4. The van der Waals surface area contributed by atoms with Gasteiger partial charge in [-0.05, 0) is 11.6 Å². The van der Waals surface area contributed by atoms with Crippen LogP contribution in [0.15, 0.2) is 18.2 Å². The van der Waals surface area contributed by atoms with Gasteiger partial charge in [0.2, 0.25) is 0 Å². The predicted molar refractivity (Wildman–Crippen MR) is 62.7 cm³/mol. The van der Waals surface area contributed by atoms with Crippen LogP contribution in [0.2, 0.25) is 0 Å². The van der Waals surface area contributed by atoms with E-state index in [-0.39, 0.29) is 25.2 Å². The number of aliphatic hydroxyl groups is 1. The van der Waals surface area contributed by atoms with Crippen LogP contribution in [0.5, 0.6) is 0 Å². The molecule has 0 aliphatic heterocycles. The van der Waals surface area contributed by atoms with E-state index in [0.29, 0.717) is 5.56 Å². The number of aliphatic hydroxyl groups excluding tert-OH is 1. The lowest BCUT2D eigenvalue weighted by Gasteiger charge is -2.23. The number of nitrogens with two attached hydrogens (primary N) is 1. The molecule has 0 bridgehead atoms. The first-order valence-corrected chi connectivity index (χ1v) is 5.73. The molecule has 0 aliphatic carbocycles. The van der Waals surface area contributed by atoms with E-state index in [0.717, 1.165) is 4.90 Å². The highest BCUT2D eigenvalue weighted by molar-refractivity contribution is 5.25. The maximum absolute atomic E-state index is 13.5. The van der Waals surface area contributed by atoms with Gasteiger partial charge in [0.25, 0.3) is 0 Å². The first kappa shape index (κ1) is 15.9. The first-order chi connectivity index (χ1) is 8.85. The summed E-state index contributed by atoms with van der Waals surface area (Å²) in [5.41, 5.74) is 6.19. The molecule has 0 atom stereocenters. The molecule has 7 heteroatoms. The normalized spacial score (nSPS) is 12.2. The molecule has 1 aromatic rings. The second-order valence-electron chi connectivity index (χ2n) is 4.18. The summed E-state index contributed by atoms with van der Waals surface area (Å²) in [5, 5.41) is 8.76. The second-order valence-corrected chi connectivity index (χ2v) is 4.18. The molecule has 0 aliphatic rings. The van der Waals surface area contributed by atoms with E-state index in [9.17, 15) is 17.6 Å². The molecule has 0 unspecified atom stereocenters. The van der Waals surface area contributed by atoms with E-state index in [4.69, 9.17) is 10.8 Å². The van der Waals surface area contributed by atoms with Gasteiger partial charge in [0.05, 0.1) is 13.2 Å². The highest BCUT2D eigenvalue weighted by atomic mass is 19.4. The highest BCUT2D eigenvalue weighted by Crippen LogP contribution is 2.19. The summed E-state index contributed by atoms with van der Waals surface area (Å²) < 4.78 is 50.6. The van der Waals surface area contributed by atoms with Gasteiger partial charge in [0.1, 0.15) is 5.82 Å². The van der Waals surface area contributed by atoms with Gasteiger partial charge in [-0.25, -0.2) is 4.39 Å². The lowest BCUT2D eigenvalue weighted by Crippen LogP contribution is -2.36. The zero-order chi connectivity index (χ0) is 14.5. The fourth-order valence-electron chi connectivity index (χ4n) is 1.73. The maximum Gasteiger partial charge on any atom is 0.401 e. The Morgan fingerprint density at radius 3 is 2.47 bits per heavy atom. The van der Waals surface area contributed by atoms with Gasteiger partial charge in [-0.2, -0.15) is 13.2 Å². The average molecular weight is 280 g/mol. The Kier molecular flexibility index (Phi) is 5.71. The standard InChI is InChI=1S/C12H16F4N2O/c13-11-2-1-9(6-17)5-10(11)7-18(3-4-19)8-12(14,15)16/h1-2,5,19H,3-4,6-8,17H2. The molecule has 0 fully saturated rings. The van der Waals surface area contributed by atoms with Gasteiger partial charge < -0.3 is 10.8 Å². The van der Waals surface area contributed by atoms with E-state index in [1.807, 2.05) is 0 Å². The Hall–Kier alpha value is -1.18. The van der Waals surface area contributed by atoms with Gasteiger partial charge in [0, 0.05) is 25.2 Å². The Morgan fingerprint density at radius 2 is 1.95 bits per heavy atom. The van der Waals surface area contributed by atoms with Crippen molar-refractivity contribution in [3.05, 3.63) is 35.1 Å². The van der Waals surface area contributed by atoms with Crippen LogP contribution in [0.3, 0.4) is 0 Å². The minimum absolute atomic E-state index is 0.139. The summed E-state index contributed by atoms with van der Waals surface area (Å²) in [6.07, 6.45) is -4.39. The number of nitrogens with zero attached hydrogens (tertiary/aromatic N) is 1. The van der Waals surface area contributed by atoms with Crippen LogP contribution in [0.4, 0.5) is 17.6 Å². The number of rotatable bonds is 6. The third-order valence-corrected chi connectivity index (χ3v) is 2.56. The van der Waals surface area contributed by atoms with E-state index in [2.05, 4.69) is 0 Å². The van der Waals surface area contributed by atoms with Crippen molar-refractivity contribution in [2.45, 2.75) is 19.3 Å². The van der Waals surface area contributed by atoms with Crippen LogP contribution >= 0.6 is 0 Å². The largest absolute Gasteiger partial charge is 0.401 e. The van der Waals surface area contributed by atoms with Crippen molar-refractivity contribution in [2.24, 2.45) is 5.73 Å². The summed E-state index contributed by atoms with van der Waals surface area (Å²) in [6, 6.07) is 4.11. The van der Waals surface area contributed by atoms with Gasteiger partial charge in [0.15, 0.2) is 0 Å². The fourth-order valence-corrected chi connectivity index (χ4v) is 1.73. The summed E-state index contributed by atoms with van der Waals surface area (Å²) in [6.45, 7) is -1.83. The number of hydrogen-bond donors (Lipinski definition) is 2. The minimum Gasteiger partial charge on any atom is -0.395 e. The summed E-state index contributed by atoms with van der Waals surface area (Å²) in [5.74, 6) is -0.581. The van der Waals surface area contributed by atoms with Crippen molar-refractivity contribution >= 4 is 0 Å². The Morgan fingerprint density at radius 1 is 1.26 bits per heavy atom. The number of alkyl halides is 3. The molecule has 0 aromatic heterocycles. The van der Waals surface area contributed by atoms with E-state index >= 15 is 0 Å². The Labute approximate surface area is 108 Å². The molecule has 108 valence electrons. The molecule has 3 nitrogen and oxygen atoms in total. The van der Waals surface area contributed by atoms with Crippen LogP contribution in [-0.4, -0.2) is 35.9 Å². The van der Waals surface area contributed by atoms with E-state index in [1.165, 1.54) is 18.2 Å². The zero-order valence-electron chi connectivity index (χ0n) is 10.3. The molecule has 0 saturated heterocycles. The first-order valence-electron chi connectivity index (χ1n) is 5.73. The van der Waals surface area contributed by atoms with Gasteiger partial charge >= 0.3 is 6.18 Å². The molecule has 0 spiro atoms. The molecular weight excluding hydrogens is 264 g/mol. The summed E-state index contributed by atoms with van der Waals surface area (Å²) in [7, 11) is 0. The number of benzene rings is 1. The van der Waals surface area contributed by atoms with Crippen LogP contribution in [0, 0.1) is 5.82 Å². The van der Waals surface area contributed by atoms with Crippen LogP contribution < -0.4 is 5.73 Å². The maximum atomic E-state index is 13.5. The Balaban J connectivity index is 2.83. The van der Waals surface area contributed by atoms with E-state index in [1.54, 1.807) is 0 Å². The van der Waals surface area contributed by atoms with Crippen molar-refractivity contribution in [1.82, 2.24) is 4.90 Å². The molecule has 0 saturated carbocycles. The minimum atomic E-state index is -4.39. The van der Waals surface area contributed by atoms with Crippen molar-refractivity contribution in [2.75, 3.05) is 19.7 Å². The Bertz CT molecular complexity index is 409. The van der Waals surface area contributed by atoms with Gasteiger partial charge in [-0.3, -0.25) is 4.90 Å². The molecule has 1 rings (SSSR count). The van der Waals surface area contributed by atoms with Crippen LogP contribution in [-0.2, 0) is 13.1 Å². The second kappa shape index (κ2) is 6.83. The summed E-state index contributed by atoms with van der Waals surface area (Å²) in [4.78, 5) is 0.943. The predicted octanol–water partition coefficient (Wildman–Crippen LogP) is 1.64. The number of hydrogen-bond acceptors (Lipinski definition) is 3. The molecule has 0 radical (unpaired) electrons. The lowest BCUT2D eigenvalue weighted by atomic mass is 10.1. The molecule has 19 heavy (non-hydrogen) atoms. The average Bonchev–Trinajstić information content (AvgIpc) is 2.30. The van der Waals surface area contributed by atoms with Crippen molar-refractivity contribution in [3.8, 4) is 0 Å². The van der Waals surface area contributed by atoms with Crippen LogP contribution in [0.25, 0.3) is 0 Å². The van der Waals surface area contributed by atoms with Crippen molar-refractivity contribution in [1.29, 1.82) is 0 Å². The monoisotopic (exact) mass is 280 g/mol. The third kappa shape index (κ3) is 5.54. The highest BCUT2D eigenvalue weighted by Gasteiger charge is 2.30. The quantitative estimate of drug-likeness (QED) is 0.779. The molecule has 0 amide bonds. The van der Waals surface area contributed by atoms with Gasteiger partial charge in [-0.1, -0.05) is 12.1 Å². The topological polar surface area (TPSA) is 49.5 Å². The van der Waals surface area contributed by atoms with Crippen molar-refractivity contribution < 1.29 is 22.7 Å².